The third-order valence-corrected chi connectivity index (χ3v) is 2.84. The van der Waals surface area contributed by atoms with Crippen molar-refractivity contribution in [2.75, 3.05) is 6.54 Å². The van der Waals surface area contributed by atoms with Crippen LogP contribution in [0.3, 0.4) is 0 Å². The minimum Gasteiger partial charge on any atom is -0.343 e. The van der Waals surface area contributed by atoms with Gasteiger partial charge in [-0.3, -0.25) is 4.79 Å². The Morgan fingerprint density at radius 2 is 2.07 bits per heavy atom. The predicted octanol–water partition coefficient (Wildman–Crippen LogP) is 3.35. The van der Waals surface area contributed by atoms with Crippen molar-refractivity contribution in [2.45, 2.75) is 6.18 Å². The molecule has 1 rings (SSSR count). The maximum absolute atomic E-state index is 11.8. The van der Waals surface area contributed by atoms with Crippen molar-refractivity contribution < 1.29 is 18.0 Å². The number of nitrogens with one attached hydrogen (secondary N) is 1. The molecule has 0 aromatic carbocycles. The van der Waals surface area contributed by atoms with Crippen molar-refractivity contribution in [3.05, 3.63) is 20.3 Å². The first-order valence-electron chi connectivity index (χ1n) is 3.59. The average molecular weight is 278 g/mol. The molecule has 0 aliphatic heterocycles. The lowest BCUT2D eigenvalue weighted by Gasteiger charge is -2.07. The third-order valence-electron chi connectivity index (χ3n) is 1.35. The topological polar surface area (TPSA) is 29.1 Å². The molecule has 0 unspecified atom stereocenters. The van der Waals surface area contributed by atoms with Crippen LogP contribution in [-0.2, 0) is 0 Å². The minimum absolute atomic E-state index is 0.0454. The summed E-state index contributed by atoms with van der Waals surface area (Å²) in [5, 5.41) is 1.69. The predicted molar refractivity (Wildman–Crippen MR) is 52.7 cm³/mol. The number of carbonyl (C=O) groups is 1. The monoisotopic (exact) mass is 277 g/mol. The Balaban J connectivity index is 2.66. The molecule has 84 valence electrons. The van der Waals surface area contributed by atoms with Crippen LogP contribution in [0.2, 0.25) is 8.67 Å². The van der Waals surface area contributed by atoms with Crippen LogP contribution in [0, 0.1) is 0 Å². The number of halogens is 5. The van der Waals surface area contributed by atoms with E-state index in [-0.39, 0.29) is 14.2 Å². The molecule has 0 aliphatic carbocycles. The van der Waals surface area contributed by atoms with Crippen LogP contribution < -0.4 is 5.32 Å². The molecule has 0 radical (unpaired) electrons. The summed E-state index contributed by atoms with van der Waals surface area (Å²) in [5.74, 6) is -0.888. The van der Waals surface area contributed by atoms with Gasteiger partial charge in [-0.15, -0.1) is 11.3 Å². The van der Waals surface area contributed by atoms with Crippen molar-refractivity contribution in [1.29, 1.82) is 0 Å². The summed E-state index contributed by atoms with van der Waals surface area (Å²) in [6, 6.07) is 1.22. The van der Waals surface area contributed by atoms with Crippen LogP contribution in [-0.4, -0.2) is 18.6 Å². The molecular weight excluding hydrogens is 274 g/mol. The molecule has 8 heteroatoms. The molecule has 1 aromatic rings. The second-order valence-electron chi connectivity index (χ2n) is 2.54. The summed E-state index contributed by atoms with van der Waals surface area (Å²) in [6.45, 7) is -1.39. The summed E-state index contributed by atoms with van der Waals surface area (Å²) in [6.07, 6.45) is -4.44. The molecule has 1 amide bonds. The second-order valence-corrected chi connectivity index (χ2v) is 4.82. The van der Waals surface area contributed by atoms with Gasteiger partial charge in [0.1, 0.15) is 10.9 Å². The molecule has 0 bridgehead atoms. The van der Waals surface area contributed by atoms with E-state index in [0.717, 1.165) is 11.3 Å². The Kier molecular flexibility index (Phi) is 3.86. The van der Waals surface area contributed by atoms with Crippen molar-refractivity contribution in [1.82, 2.24) is 5.32 Å². The van der Waals surface area contributed by atoms with E-state index >= 15 is 0 Å². The van der Waals surface area contributed by atoms with Gasteiger partial charge in [-0.05, 0) is 6.07 Å². The van der Waals surface area contributed by atoms with Gasteiger partial charge in [0, 0.05) is 0 Å². The first kappa shape index (κ1) is 12.6. The van der Waals surface area contributed by atoms with Crippen molar-refractivity contribution >= 4 is 40.4 Å². The zero-order valence-corrected chi connectivity index (χ0v) is 9.32. The zero-order chi connectivity index (χ0) is 11.6. The molecule has 0 atom stereocenters. The van der Waals surface area contributed by atoms with E-state index in [1.54, 1.807) is 5.32 Å². The van der Waals surface area contributed by atoms with Crippen LogP contribution in [0.5, 0.6) is 0 Å². The molecule has 0 spiro atoms. The van der Waals surface area contributed by atoms with Crippen LogP contribution in [0.1, 0.15) is 10.4 Å². The summed E-state index contributed by atoms with van der Waals surface area (Å²) in [4.78, 5) is 11.2. The minimum atomic E-state index is -4.44. The van der Waals surface area contributed by atoms with Gasteiger partial charge in [0.05, 0.1) is 9.90 Å². The highest BCUT2D eigenvalue weighted by Gasteiger charge is 2.28. The van der Waals surface area contributed by atoms with Gasteiger partial charge in [-0.1, -0.05) is 23.2 Å². The van der Waals surface area contributed by atoms with Gasteiger partial charge in [-0.25, -0.2) is 0 Å². The van der Waals surface area contributed by atoms with E-state index in [1.165, 1.54) is 6.07 Å². The summed E-state index contributed by atoms with van der Waals surface area (Å²) >= 11 is 12.0. The van der Waals surface area contributed by atoms with E-state index in [9.17, 15) is 18.0 Å². The number of hydrogen-bond acceptors (Lipinski definition) is 2. The molecule has 0 saturated heterocycles. The molecule has 1 aromatic heterocycles. The lowest BCUT2D eigenvalue weighted by atomic mass is 10.3. The number of thiophene rings is 1. The van der Waals surface area contributed by atoms with E-state index in [1.807, 2.05) is 0 Å². The fourth-order valence-corrected chi connectivity index (χ4v) is 2.23. The maximum atomic E-state index is 11.8. The van der Waals surface area contributed by atoms with E-state index in [2.05, 4.69) is 0 Å². The fraction of sp³-hybridized carbons (Fsp3) is 0.286. The molecule has 2 nitrogen and oxygen atoms in total. The number of hydrogen-bond donors (Lipinski definition) is 1. The normalized spacial score (nSPS) is 11.5. The van der Waals surface area contributed by atoms with E-state index in [0.29, 0.717) is 0 Å². The molecule has 0 fully saturated rings. The molecule has 0 saturated carbocycles. The van der Waals surface area contributed by atoms with Gasteiger partial charge in [0.25, 0.3) is 5.91 Å². The smallest absolute Gasteiger partial charge is 0.343 e. The van der Waals surface area contributed by atoms with Crippen molar-refractivity contribution in [2.24, 2.45) is 0 Å². The van der Waals surface area contributed by atoms with Crippen molar-refractivity contribution in [3.63, 3.8) is 0 Å². The third kappa shape index (κ3) is 3.89. The molecule has 0 aliphatic rings. The van der Waals surface area contributed by atoms with Crippen LogP contribution in [0.15, 0.2) is 6.07 Å². The summed E-state index contributed by atoms with van der Waals surface area (Å²) in [5.41, 5.74) is -0.0454. The van der Waals surface area contributed by atoms with Gasteiger partial charge in [-0.2, -0.15) is 13.2 Å². The quantitative estimate of drug-likeness (QED) is 0.883. The summed E-state index contributed by atoms with van der Waals surface area (Å²) < 4.78 is 35.6. The fourth-order valence-electron chi connectivity index (χ4n) is 0.771. The van der Waals surface area contributed by atoms with Gasteiger partial charge in [0.15, 0.2) is 0 Å². The van der Waals surface area contributed by atoms with Crippen LogP contribution in [0.4, 0.5) is 13.2 Å². The van der Waals surface area contributed by atoms with Gasteiger partial charge < -0.3 is 5.32 Å². The highest BCUT2D eigenvalue weighted by Crippen LogP contribution is 2.31. The van der Waals surface area contributed by atoms with Crippen molar-refractivity contribution in [3.8, 4) is 0 Å². The summed E-state index contributed by atoms with van der Waals surface area (Å²) in [7, 11) is 0. The zero-order valence-electron chi connectivity index (χ0n) is 6.99. The first-order chi connectivity index (χ1) is 6.79. The molecule has 15 heavy (non-hydrogen) atoms. The number of alkyl halides is 3. The maximum Gasteiger partial charge on any atom is 0.405 e. The molecule has 1 heterocycles. The SMILES string of the molecule is O=C(NCC(F)(F)F)c1cc(Cl)sc1Cl. The van der Waals surface area contributed by atoms with Gasteiger partial charge >= 0.3 is 6.18 Å². The number of amides is 1. The van der Waals surface area contributed by atoms with Crippen LogP contribution >= 0.6 is 34.5 Å². The van der Waals surface area contributed by atoms with E-state index in [4.69, 9.17) is 23.2 Å². The lowest BCUT2D eigenvalue weighted by molar-refractivity contribution is -0.123. The Hall–Kier alpha value is -0.460. The molecular formula is C7H4Cl2F3NOS. The largest absolute Gasteiger partial charge is 0.405 e. The van der Waals surface area contributed by atoms with Gasteiger partial charge in [0.2, 0.25) is 0 Å². The average Bonchev–Trinajstić information content (AvgIpc) is 2.40. The van der Waals surface area contributed by atoms with E-state index < -0.39 is 18.6 Å². The van der Waals surface area contributed by atoms with Crippen LogP contribution in [0.25, 0.3) is 0 Å². The highest BCUT2D eigenvalue weighted by molar-refractivity contribution is 7.20. The first-order valence-corrected chi connectivity index (χ1v) is 5.16. The Morgan fingerprint density at radius 3 is 2.47 bits per heavy atom. The lowest BCUT2D eigenvalue weighted by Crippen LogP contribution is -2.33. The highest BCUT2D eigenvalue weighted by atomic mass is 35.5. The Morgan fingerprint density at radius 1 is 1.47 bits per heavy atom. The second kappa shape index (κ2) is 4.59. The molecule has 1 N–H and O–H groups in total. The standard InChI is InChI=1S/C7H4Cl2F3NOS/c8-4-1-3(5(9)15-4)6(14)13-2-7(10,11)12/h1H,2H2,(H,13,14). The Labute approximate surface area is 97.0 Å². The number of rotatable bonds is 2. The Bertz CT molecular complexity index is 377. The number of carbonyl (C=O) groups excluding carboxylic acids is 1.